The highest BCUT2D eigenvalue weighted by atomic mass is 79.9. The van der Waals surface area contributed by atoms with E-state index in [0.717, 1.165) is 33.0 Å². The molecule has 0 aliphatic carbocycles. The Morgan fingerprint density at radius 2 is 2.26 bits per heavy atom. The largest absolute Gasteiger partial charge is 0.309 e. The molecular weight excluding hydrogens is 344 g/mol. The number of benzene rings is 1. The van der Waals surface area contributed by atoms with E-state index < -0.39 is 0 Å². The molecule has 1 aromatic carbocycles. The van der Waals surface area contributed by atoms with Crippen LogP contribution in [0.1, 0.15) is 31.2 Å². The maximum Gasteiger partial charge on any atom is 0.124 e. The predicted molar refractivity (Wildman–Crippen MR) is 87.0 cm³/mol. The van der Waals surface area contributed by atoms with Crippen LogP contribution in [0.15, 0.2) is 28.9 Å². The van der Waals surface area contributed by atoms with Crippen molar-refractivity contribution >= 4 is 38.9 Å². The number of thiazole rings is 1. The van der Waals surface area contributed by atoms with Crippen LogP contribution in [0.5, 0.6) is 0 Å². The van der Waals surface area contributed by atoms with Crippen molar-refractivity contribution in [1.82, 2.24) is 10.3 Å². The molecule has 0 bridgehead atoms. The topological polar surface area (TPSA) is 24.9 Å². The molecule has 0 saturated heterocycles. The van der Waals surface area contributed by atoms with Crippen LogP contribution < -0.4 is 5.32 Å². The summed E-state index contributed by atoms with van der Waals surface area (Å²) in [5.74, 6) is 0. The van der Waals surface area contributed by atoms with Crippen molar-refractivity contribution in [2.75, 3.05) is 6.54 Å². The third-order valence-electron chi connectivity index (χ3n) is 2.81. The Hall–Kier alpha value is -0.420. The molecule has 1 unspecified atom stereocenters. The van der Waals surface area contributed by atoms with Gasteiger partial charge in [-0.3, -0.25) is 0 Å². The van der Waals surface area contributed by atoms with Gasteiger partial charge in [-0.1, -0.05) is 34.5 Å². The highest BCUT2D eigenvalue weighted by Gasteiger charge is 2.12. The number of halogens is 2. The lowest BCUT2D eigenvalue weighted by molar-refractivity contribution is 0.577. The van der Waals surface area contributed by atoms with E-state index in [9.17, 15) is 0 Å². The Labute approximate surface area is 131 Å². The van der Waals surface area contributed by atoms with Crippen LogP contribution in [0.3, 0.4) is 0 Å². The molecule has 2 rings (SSSR count). The van der Waals surface area contributed by atoms with Crippen LogP contribution in [0.4, 0.5) is 0 Å². The molecule has 1 N–H and O–H groups in total. The first-order valence-corrected chi connectivity index (χ1v) is 8.25. The van der Waals surface area contributed by atoms with Crippen LogP contribution >= 0.6 is 38.9 Å². The molecule has 0 fully saturated rings. The van der Waals surface area contributed by atoms with Gasteiger partial charge in [0.05, 0.1) is 0 Å². The van der Waals surface area contributed by atoms with Gasteiger partial charge in [0.15, 0.2) is 0 Å². The van der Waals surface area contributed by atoms with Gasteiger partial charge in [-0.2, -0.15) is 0 Å². The number of nitrogens with zero attached hydrogens (tertiary/aromatic N) is 1. The first-order chi connectivity index (χ1) is 9.11. The lowest BCUT2D eigenvalue weighted by Crippen LogP contribution is -2.18. The third kappa shape index (κ3) is 3.78. The molecular formula is C14H16BrClN2S. The second-order valence-electron chi connectivity index (χ2n) is 4.37. The van der Waals surface area contributed by atoms with Gasteiger partial charge < -0.3 is 5.32 Å². The van der Waals surface area contributed by atoms with Gasteiger partial charge in [-0.25, -0.2) is 4.98 Å². The van der Waals surface area contributed by atoms with E-state index in [4.69, 9.17) is 11.6 Å². The standard InChI is InChI=1S/C14H16BrClN2S/c1-3-6-17-9(2)13-8-18-14(19-13)11-5-4-10(16)7-12(11)15/h4-5,7-9,17H,3,6H2,1-2H3. The van der Waals surface area contributed by atoms with Crippen LogP contribution in [0, 0.1) is 0 Å². The van der Waals surface area contributed by atoms with Gasteiger partial charge in [0, 0.05) is 32.2 Å². The molecule has 0 saturated carbocycles. The molecule has 1 aromatic heterocycles. The van der Waals surface area contributed by atoms with Crippen molar-refractivity contribution < 1.29 is 0 Å². The Morgan fingerprint density at radius 3 is 2.95 bits per heavy atom. The number of nitrogens with one attached hydrogen (secondary N) is 1. The van der Waals surface area contributed by atoms with Crippen molar-refractivity contribution in [3.63, 3.8) is 0 Å². The number of hydrogen-bond donors (Lipinski definition) is 1. The SMILES string of the molecule is CCCNC(C)c1cnc(-c2ccc(Cl)cc2Br)s1. The fourth-order valence-corrected chi connectivity index (χ4v) is 3.72. The zero-order chi connectivity index (χ0) is 13.8. The summed E-state index contributed by atoms with van der Waals surface area (Å²) < 4.78 is 0.982. The highest BCUT2D eigenvalue weighted by molar-refractivity contribution is 9.10. The van der Waals surface area contributed by atoms with E-state index in [1.54, 1.807) is 11.3 Å². The molecule has 5 heteroatoms. The van der Waals surface area contributed by atoms with Crippen molar-refractivity contribution in [2.24, 2.45) is 0 Å². The first kappa shape index (κ1) is 15.0. The van der Waals surface area contributed by atoms with E-state index in [-0.39, 0.29) is 0 Å². The molecule has 2 nitrogen and oxygen atoms in total. The minimum atomic E-state index is 0.345. The highest BCUT2D eigenvalue weighted by Crippen LogP contribution is 2.34. The normalized spacial score (nSPS) is 12.6. The maximum atomic E-state index is 5.96. The predicted octanol–water partition coefficient (Wildman–Crippen LogP) is 5.29. The van der Waals surface area contributed by atoms with Crippen LogP contribution in [0.2, 0.25) is 5.02 Å². The summed E-state index contributed by atoms with van der Waals surface area (Å²) in [7, 11) is 0. The average molecular weight is 360 g/mol. The summed E-state index contributed by atoms with van der Waals surface area (Å²) in [6.45, 7) is 5.37. The summed E-state index contributed by atoms with van der Waals surface area (Å²) in [6, 6.07) is 6.13. The zero-order valence-corrected chi connectivity index (χ0v) is 14.1. The fraction of sp³-hybridized carbons (Fsp3) is 0.357. The van der Waals surface area contributed by atoms with Gasteiger partial charge in [0.2, 0.25) is 0 Å². The van der Waals surface area contributed by atoms with E-state index in [0.29, 0.717) is 6.04 Å². The summed E-state index contributed by atoms with van der Waals surface area (Å²) in [5, 5.41) is 5.22. The van der Waals surface area contributed by atoms with Gasteiger partial charge >= 0.3 is 0 Å². The molecule has 0 spiro atoms. The van der Waals surface area contributed by atoms with Crippen molar-refractivity contribution in [3.05, 3.63) is 38.8 Å². The minimum Gasteiger partial charge on any atom is -0.309 e. The molecule has 19 heavy (non-hydrogen) atoms. The summed E-state index contributed by atoms with van der Waals surface area (Å²) in [4.78, 5) is 5.77. The number of hydrogen-bond acceptors (Lipinski definition) is 3. The quantitative estimate of drug-likeness (QED) is 0.785. The second kappa shape index (κ2) is 6.84. The molecule has 0 aliphatic heterocycles. The maximum absolute atomic E-state index is 5.96. The Balaban J connectivity index is 2.20. The second-order valence-corrected chi connectivity index (χ2v) is 6.72. The zero-order valence-electron chi connectivity index (χ0n) is 10.9. The number of aromatic nitrogens is 1. The van der Waals surface area contributed by atoms with Gasteiger partial charge in [0.25, 0.3) is 0 Å². The monoisotopic (exact) mass is 358 g/mol. The summed E-state index contributed by atoms with van der Waals surface area (Å²) in [6.07, 6.45) is 3.09. The van der Waals surface area contributed by atoms with Crippen LogP contribution in [-0.2, 0) is 0 Å². The van der Waals surface area contributed by atoms with Crippen molar-refractivity contribution in [2.45, 2.75) is 26.3 Å². The van der Waals surface area contributed by atoms with Gasteiger partial charge in [0.1, 0.15) is 5.01 Å². The van der Waals surface area contributed by atoms with Gasteiger partial charge in [-0.15, -0.1) is 11.3 Å². The smallest absolute Gasteiger partial charge is 0.124 e. The Kier molecular flexibility index (Phi) is 5.39. The minimum absolute atomic E-state index is 0.345. The first-order valence-electron chi connectivity index (χ1n) is 6.26. The molecule has 0 amide bonds. The van der Waals surface area contributed by atoms with Crippen molar-refractivity contribution in [1.29, 1.82) is 0 Å². The fourth-order valence-electron chi connectivity index (χ4n) is 1.74. The molecule has 102 valence electrons. The van der Waals surface area contributed by atoms with E-state index in [1.165, 1.54) is 4.88 Å². The van der Waals surface area contributed by atoms with Crippen LogP contribution in [-0.4, -0.2) is 11.5 Å². The molecule has 1 atom stereocenters. The molecule has 0 radical (unpaired) electrons. The lowest BCUT2D eigenvalue weighted by Gasteiger charge is -2.09. The number of rotatable bonds is 5. The van der Waals surface area contributed by atoms with Gasteiger partial charge in [-0.05, 0) is 38.1 Å². The lowest BCUT2D eigenvalue weighted by atomic mass is 10.2. The summed E-state index contributed by atoms with van der Waals surface area (Å²) in [5.41, 5.74) is 1.09. The van der Waals surface area contributed by atoms with E-state index in [2.05, 4.69) is 40.1 Å². The molecule has 1 heterocycles. The van der Waals surface area contributed by atoms with E-state index >= 15 is 0 Å². The van der Waals surface area contributed by atoms with Crippen molar-refractivity contribution in [3.8, 4) is 10.6 Å². The van der Waals surface area contributed by atoms with E-state index in [1.807, 2.05) is 24.4 Å². The third-order valence-corrected chi connectivity index (χ3v) is 4.92. The molecule has 2 aromatic rings. The molecule has 0 aliphatic rings. The average Bonchev–Trinajstić information content (AvgIpc) is 2.85. The Bertz CT molecular complexity index is 556. The van der Waals surface area contributed by atoms with Crippen LogP contribution in [0.25, 0.3) is 10.6 Å². The summed E-state index contributed by atoms with van der Waals surface area (Å²) >= 11 is 11.2. The Morgan fingerprint density at radius 1 is 1.47 bits per heavy atom.